The lowest BCUT2D eigenvalue weighted by molar-refractivity contribution is -0.121. The third-order valence-corrected chi connectivity index (χ3v) is 3.10. The summed E-state index contributed by atoms with van der Waals surface area (Å²) < 4.78 is 0. The number of carbonyl (C=O) groups is 2. The fourth-order valence-corrected chi connectivity index (χ4v) is 2.06. The summed E-state index contributed by atoms with van der Waals surface area (Å²) in [5.74, 6) is 0.117. The first-order valence-electron chi connectivity index (χ1n) is 6.46. The molecule has 1 aliphatic heterocycles. The number of amides is 3. The SMILES string of the molecule is CC(C)NC(=O)NC(=O)CN1CCC(N)C(C)C1. The molecule has 2 atom stereocenters. The maximum absolute atomic E-state index is 11.6. The van der Waals surface area contributed by atoms with E-state index in [1.54, 1.807) is 0 Å². The Kier molecular flexibility index (Phi) is 5.55. The zero-order valence-electron chi connectivity index (χ0n) is 11.4. The number of carbonyl (C=O) groups excluding carboxylic acids is 2. The summed E-state index contributed by atoms with van der Waals surface area (Å²) in [6.45, 7) is 7.64. The van der Waals surface area contributed by atoms with Crippen LogP contribution in [-0.2, 0) is 4.79 Å². The monoisotopic (exact) mass is 256 g/mol. The number of rotatable bonds is 3. The Hall–Kier alpha value is -1.14. The Morgan fingerprint density at radius 3 is 2.67 bits per heavy atom. The lowest BCUT2D eigenvalue weighted by Crippen LogP contribution is -2.51. The fraction of sp³-hybridized carbons (Fsp3) is 0.833. The first kappa shape index (κ1) is 14.9. The van der Waals surface area contributed by atoms with Gasteiger partial charge in [0.25, 0.3) is 0 Å². The molecule has 1 aliphatic rings. The second-order valence-electron chi connectivity index (χ2n) is 5.34. The van der Waals surface area contributed by atoms with E-state index >= 15 is 0 Å². The smallest absolute Gasteiger partial charge is 0.321 e. The molecule has 1 fully saturated rings. The molecule has 0 radical (unpaired) electrons. The van der Waals surface area contributed by atoms with Crippen molar-refractivity contribution >= 4 is 11.9 Å². The van der Waals surface area contributed by atoms with E-state index in [-0.39, 0.29) is 24.5 Å². The van der Waals surface area contributed by atoms with Gasteiger partial charge in [0.2, 0.25) is 5.91 Å². The zero-order chi connectivity index (χ0) is 13.7. The molecule has 0 aliphatic carbocycles. The maximum atomic E-state index is 11.6. The predicted molar refractivity (Wildman–Crippen MR) is 70.0 cm³/mol. The van der Waals surface area contributed by atoms with Gasteiger partial charge < -0.3 is 11.1 Å². The van der Waals surface area contributed by atoms with Crippen molar-refractivity contribution in [2.75, 3.05) is 19.6 Å². The highest BCUT2D eigenvalue weighted by Gasteiger charge is 2.24. The van der Waals surface area contributed by atoms with Crippen molar-refractivity contribution in [3.8, 4) is 0 Å². The number of hydrogen-bond acceptors (Lipinski definition) is 4. The summed E-state index contributed by atoms with van der Waals surface area (Å²) in [4.78, 5) is 25.0. The standard InChI is InChI=1S/C12H24N4O2/c1-8(2)14-12(18)15-11(17)7-16-5-4-10(13)9(3)6-16/h8-10H,4-7,13H2,1-3H3,(H2,14,15,17,18). The molecule has 2 unspecified atom stereocenters. The van der Waals surface area contributed by atoms with Crippen molar-refractivity contribution in [2.24, 2.45) is 11.7 Å². The molecule has 0 spiro atoms. The van der Waals surface area contributed by atoms with Crippen LogP contribution in [0.5, 0.6) is 0 Å². The van der Waals surface area contributed by atoms with E-state index < -0.39 is 6.03 Å². The molecule has 0 aromatic rings. The van der Waals surface area contributed by atoms with Gasteiger partial charge in [-0.2, -0.15) is 0 Å². The summed E-state index contributed by atoms with van der Waals surface area (Å²) in [5.41, 5.74) is 5.92. The lowest BCUT2D eigenvalue weighted by Gasteiger charge is -2.34. The van der Waals surface area contributed by atoms with Crippen molar-refractivity contribution in [1.29, 1.82) is 0 Å². The number of piperidine rings is 1. The van der Waals surface area contributed by atoms with Crippen LogP contribution < -0.4 is 16.4 Å². The average Bonchev–Trinajstić information content (AvgIpc) is 2.21. The summed E-state index contributed by atoms with van der Waals surface area (Å²) >= 11 is 0. The normalized spacial score (nSPS) is 24.9. The van der Waals surface area contributed by atoms with Crippen molar-refractivity contribution in [3.63, 3.8) is 0 Å². The van der Waals surface area contributed by atoms with Crippen molar-refractivity contribution in [3.05, 3.63) is 0 Å². The number of imide groups is 1. The molecule has 104 valence electrons. The molecular weight excluding hydrogens is 232 g/mol. The van der Waals surface area contributed by atoms with E-state index in [2.05, 4.69) is 17.6 Å². The Morgan fingerprint density at radius 2 is 2.11 bits per heavy atom. The van der Waals surface area contributed by atoms with Gasteiger partial charge in [0.1, 0.15) is 0 Å². The Morgan fingerprint density at radius 1 is 1.44 bits per heavy atom. The van der Waals surface area contributed by atoms with Gasteiger partial charge in [-0.1, -0.05) is 6.92 Å². The number of nitrogens with two attached hydrogens (primary N) is 1. The highest BCUT2D eigenvalue weighted by atomic mass is 16.2. The molecule has 6 nitrogen and oxygen atoms in total. The fourth-order valence-electron chi connectivity index (χ4n) is 2.06. The minimum atomic E-state index is -0.434. The summed E-state index contributed by atoms with van der Waals surface area (Å²) in [6, 6.07) is -0.198. The van der Waals surface area contributed by atoms with Gasteiger partial charge in [-0.25, -0.2) is 4.79 Å². The Labute approximate surface area is 108 Å². The van der Waals surface area contributed by atoms with Crippen LogP contribution in [0.2, 0.25) is 0 Å². The summed E-state index contributed by atoms with van der Waals surface area (Å²) in [7, 11) is 0. The first-order chi connectivity index (χ1) is 8.38. The highest BCUT2D eigenvalue weighted by molar-refractivity contribution is 5.95. The van der Waals surface area contributed by atoms with Crippen LogP contribution in [-0.4, -0.2) is 48.6 Å². The van der Waals surface area contributed by atoms with Gasteiger partial charge in [-0.05, 0) is 26.2 Å². The molecule has 0 bridgehead atoms. The van der Waals surface area contributed by atoms with Crippen LogP contribution in [0.4, 0.5) is 4.79 Å². The number of nitrogens with zero attached hydrogens (tertiary/aromatic N) is 1. The molecule has 1 saturated heterocycles. The molecule has 6 heteroatoms. The average molecular weight is 256 g/mol. The third-order valence-electron chi connectivity index (χ3n) is 3.10. The van der Waals surface area contributed by atoms with Crippen molar-refractivity contribution in [1.82, 2.24) is 15.5 Å². The molecule has 0 aromatic heterocycles. The first-order valence-corrected chi connectivity index (χ1v) is 6.46. The number of hydrogen-bond donors (Lipinski definition) is 3. The number of likely N-dealkylation sites (tertiary alicyclic amines) is 1. The van der Waals surface area contributed by atoms with E-state index in [1.807, 2.05) is 18.7 Å². The van der Waals surface area contributed by atoms with Crippen LogP contribution in [0, 0.1) is 5.92 Å². The second-order valence-corrected chi connectivity index (χ2v) is 5.34. The second kappa shape index (κ2) is 6.70. The molecule has 4 N–H and O–H groups in total. The quantitative estimate of drug-likeness (QED) is 0.657. The van der Waals surface area contributed by atoms with Crippen LogP contribution in [0.15, 0.2) is 0 Å². The van der Waals surface area contributed by atoms with Crippen molar-refractivity contribution < 1.29 is 9.59 Å². The van der Waals surface area contributed by atoms with Gasteiger partial charge in [0.05, 0.1) is 6.54 Å². The topological polar surface area (TPSA) is 87.5 Å². The Bertz CT molecular complexity index is 306. The van der Waals surface area contributed by atoms with E-state index in [1.165, 1.54) is 0 Å². The molecule has 0 saturated carbocycles. The number of urea groups is 1. The molecule has 0 aromatic carbocycles. The van der Waals surface area contributed by atoms with Gasteiger partial charge in [-0.15, -0.1) is 0 Å². The Balaban J connectivity index is 2.30. The van der Waals surface area contributed by atoms with Crippen LogP contribution in [0.25, 0.3) is 0 Å². The van der Waals surface area contributed by atoms with Crippen LogP contribution in [0.3, 0.4) is 0 Å². The van der Waals surface area contributed by atoms with Gasteiger partial charge in [-0.3, -0.25) is 15.0 Å². The molecule has 1 heterocycles. The van der Waals surface area contributed by atoms with Crippen molar-refractivity contribution in [2.45, 2.75) is 39.3 Å². The third kappa shape index (κ3) is 5.01. The van der Waals surface area contributed by atoms with E-state index in [0.29, 0.717) is 5.92 Å². The van der Waals surface area contributed by atoms with E-state index in [4.69, 9.17) is 5.73 Å². The van der Waals surface area contributed by atoms with E-state index in [9.17, 15) is 9.59 Å². The predicted octanol–water partition coefficient (Wildman–Crippen LogP) is -0.110. The van der Waals surface area contributed by atoms with Gasteiger partial charge >= 0.3 is 6.03 Å². The zero-order valence-corrected chi connectivity index (χ0v) is 11.4. The molecule has 1 rings (SSSR count). The minimum absolute atomic E-state index is 0.0193. The molecular formula is C12H24N4O2. The molecule has 18 heavy (non-hydrogen) atoms. The highest BCUT2D eigenvalue weighted by Crippen LogP contribution is 2.14. The van der Waals surface area contributed by atoms with Gasteiger partial charge in [0.15, 0.2) is 0 Å². The van der Waals surface area contributed by atoms with Crippen LogP contribution >= 0.6 is 0 Å². The van der Waals surface area contributed by atoms with E-state index in [0.717, 1.165) is 19.5 Å². The summed E-state index contributed by atoms with van der Waals surface area (Å²) in [5, 5.41) is 4.94. The summed E-state index contributed by atoms with van der Waals surface area (Å²) in [6.07, 6.45) is 0.895. The molecule has 3 amide bonds. The minimum Gasteiger partial charge on any atom is -0.336 e. The maximum Gasteiger partial charge on any atom is 0.321 e. The number of nitrogens with one attached hydrogen (secondary N) is 2. The largest absolute Gasteiger partial charge is 0.336 e. The van der Waals surface area contributed by atoms with Gasteiger partial charge in [0, 0.05) is 25.2 Å². The lowest BCUT2D eigenvalue weighted by atomic mass is 9.95. The van der Waals surface area contributed by atoms with Crippen LogP contribution in [0.1, 0.15) is 27.2 Å².